The molecule has 3 aromatic carbocycles. The number of nitrogens with one attached hydrogen (secondary N) is 2. The van der Waals surface area contributed by atoms with Crippen LogP contribution >= 0.6 is 0 Å². The minimum atomic E-state index is -3.82. The van der Waals surface area contributed by atoms with Gasteiger partial charge in [-0.2, -0.15) is 0 Å². The zero-order valence-corrected chi connectivity index (χ0v) is 19.7. The summed E-state index contributed by atoms with van der Waals surface area (Å²) in [5.74, 6) is 0.419. The van der Waals surface area contributed by atoms with Crippen LogP contribution in [-0.2, 0) is 31.4 Å². The Morgan fingerprint density at radius 2 is 1.53 bits per heavy atom. The summed E-state index contributed by atoms with van der Waals surface area (Å²) < 4.78 is 60.6. The summed E-state index contributed by atoms with van der Waals surface area (Å²) in [5.41, 5.74) is 1.04. The highest BCUT2D eigenvalue weighted by Gasteiger charge is 2.15. The topological polar surface area (TPSA) is 154 Å². The number of sulfonamides is 2. The number of amides is 1. The highest BCUT2D eigenvalue weighted by molar-refractivity contribution is 7.92. The number of rotatable bonds is 10. The molecule has 0 heterocycles. The van der Waals surface area contributed by atoms with E-state index < -0.39 is 26.0 Å². The molecule has 0 bridgehead atoms. The van der Waals surface area contributed by atoms with Crippen molar-refractivity contribution < 1.29 is 31.1 Å². The summed E-state index contributed by atoms with van der Waals surface area (Å²) in [7, 11) is -6.11. The Bertz CT molecular complexity index is 1360. The lowest BCUT2D eigenvalue weighted by atomic mass is 10.2. The number of methoxy groups -OCH3 is 1. The van der Waals surface area contributed by atoms with Crippen molar-refractivity contribution in [3.8, 4) is 11.5 Å². The fourth-order valence-electron chi connectivity index (χ4n) is 2.81. The van der Waals surface area contributed by atoms with Gasteiger partial charge < -0.3 is 14.8 Å². The lowest BCUT2D eigenvalue weighted by Gasteiger charge is -2.11. The van der Waals surface area contributed by atoms with Gasteiger partial charge in [0.25, 0.3) is 15.9 Å². The summed E-state index contributed by atoms with van der Waals surface area (Å²) in [6.07, 6.45) is 0. The average molecular weight is 506 g/mol. The van der Waals surface area contributed by atoms with Gasteiger partial charge >= 0.3 is 0 Å². The summed E-state index contributed by atoms with van der Waals surface area (Å²) in [6, 6.07) is 17.9. The van der Waals surface area contributed by atoms with Crippen LogP contribution in [-0.4, -0.2) is 36.5 Å². The van der Waals surface area contributed by atoms with Gasteiger partial charge in [-0.3, -0.25) is 9.52 Å². The average Bonchev–Trinajstić information content (AvgIpc) is 2.81. The van der Waals surface area contributed by atoms with Crippen LogP contribution in [0.15, 0.2) is 82.6 Å². The standard InChI is InChI=1S/C22H23N3O7S2/c1-31-19-4-2-3-17(13-19)25-34(29,30)21-11-7-18(8-12-21)32-15-22(26)24-14-16-5-9-20(10-6-16)33(23,27)28/h2-13,25H,14-15H2,1H3,(H,24,26)(H2,23,27,28). The van der Waals surface area contributed by atoms with Crippen LogP contribution in [0.25, 0.3) is 0 Å². The van der Waals surface area contributed by atoms with Gasteiger partial charge in [-0.15, -0.1) is 0 Å². The first-order chi connectivity index (χ1) is 16.1. The Kier molecular flexibility index (Phi) is 7.76. The first-order valence-corrected chi connectivity index (χ1v) is 12.9. The van der Waals surface area contributed by atoms with Crippen LogP contribution in [0.1, 0.15) is 5.56 Å². The van der Waals surface area contributed by atoms with Crippen molar-refractivity contribution >= 4 is 31.6 Å². The molecule has 0 aromatic heterocycles. The minimum absolute atomic E-state index is 0.0185. The molecule has 12 heteroatoms. The number of hydrogen-bond donors (Lipinski definition) is 3. The van der Waals surface area contributed by atoms with Crippen LogP contribution in [0.4, 0.5) is 5.69 Å². The van der Waals surface area contributed by atoms with E-state index in [2.05, 4.69) is 10.0 Å². The molecule has 0 aliphatic heterocycles. The summed E-state index contributed by atoms with van der Waals surface area (Å²) >= 11 is 0. The van der Waals surface area contributed by atoms with E-state index in [-0.39, 0.29) is 22.9 Å². The number of anilines is 1. The smallest absolute Gasteiger partial charge is 0.261 e. The van der Waals surface area contributed by atoms with Gasteiger partial charge in [-0.05, 0) is 54.1 Å². The second-order valence-corrected chi connectivity index (χ2v) is 10.3. The van der Waals surface area contributed by atoms with Gasteiger partial charge in [0.05, 0.1) is 22.6 Å². The quantitative estimate of drug-likeness (QED) is 0.380. The first-order valence-electron chi connectivity index (χ1n) is 9.85. The molecule has 4 N–H and O–H groups in total. The lowest BCUT2D eigenvalue weighted by Crippen LogP contribution is -2.28. The molecular weight excluding hydrogens is 482 g/mol. The molecule has 180 valence electrons. The number of carbonyl (C=O) groups is 1. The van der Waals surface area contributed by atoms with Crippen molar-refractivity contribution in [2.45, 2.75) is 16.3 Å². The largest absolute Gasteiger partial charge is 0.497 e. The zero-order chi connectivity index (χ0) is 24.8. The minimum Gasteiger partial charge on any atom is -0.497 e. The second kappa shape index (κ2) is 10.5. The molecule has 0 fully saturated rings. The normalized spacial score (nSPS) is 11.5. The van der Waals surface area contributed by atoms with E-state index >= 15 is 0 Å². The van der Waals surface area contributed by atoms with E-state index in [9.17, 15) is 21.6 Å². The maximum absolute atomic E-state index is 12.6. The molecule has 0 atom stereocenters. The predicted molar refractivity (Wildman–Crippen MR) is 125 cm³/mol. The van der Waals surface area contributed by atoms with Crippen molar-refractivity contribution in [1.82, 2.24) is 5.32 Å². The van der Waals surface area contributed by atoms with Crippen LogP contribution in [0, 0.1) is 0 Å². The van der Waals surface area contributed by atoms with Crippen molar-refractivity contribution in [3.05, 3.63) is 78.4 Å². The molecule has 0 unspecified atom stereocenters. The van der Waals surface area contributed by atoms with Crippen LogP contribution in [0.2, 0.25) is 0 Å². The monoisotopic (exact) mass is 505 g/mol. The molecule has 3 rings (SSSR count). The van der Waals surface area contributed by atoms with Crippen molar-refractivity contribution in [3.63, 3.8) is 0 Å². The number of carbonyl (C=O) groups excluding carboxylic acids is 1. The Morgan fingerprint density at radius 3 is 2.15 bits per heavy atom. The van der Waals surface area contributed by atoms with Crippen LogP contribution < -0.4 is 24.7 Å². The molecule has 1 amide bonds. The third-order valence-electron chi connectivity index (χ3n) is 4.57. The molecule has 0 spiro atoms. The van der Waals surface area contributed by atoms with Crippen molar-refractivity contribution in [2.75, 3.05) is 18.4 Å². The molecular formula is C22H23N3O7S2. The van der Waals surface area contributed by atoms with Gasteiger partial charge in [0.1, 0.15) is 11.5 Å². The summed E-state index contributed by atoms with van der Waals surface area (Å²) in [6.45, 7) is -0.121. The van der Waals surface area contributed by atoms with Gasteiger partial charge in [0.15, 0.2) is 6.61 Å². The number of hydrogen-bond acceptors (Lipinski definition) is 7. The summed E-state index contributed by atoms with van der Waals surface area (Å²) in [5, 5.41) is 7.69. The second-order valence-electron chi connectivity index (χ2n) is 7.06. The van der Waals surface area contributed by atoms with Gasteiger partial charge in [0.2, 0.25) is 10.0 Å². The maximum Gasteiger partial charge on any atom is 0.261 e. The van der Waals surface area contributed by atoms with Crippen molar-refractivity contribution in [1.29, 1.82) is 0 Å². The number of ether oxygens (including phenoxy) is 2. The van der Waals surface area contributed by atoms with Crippen LogP contribution in [0.3, 0.4) is 0 Å². The van der Waals surface area contributed by atoms with E-state index in [1.807, 2.05) is 0 Å². The van der Waals surface area contributed by atoms with Crippen molar-refractivity contribution in [2.24, 2.45) is 5.14 Å². The molecule has 0 aliphatic rings. The fourth-order valence-corrected chi connectivity index (χ4v) is 4.38. The van der Waals surface area contributed by atoms with E-state index in [0.29, 0.717) is 22.7 Å². The number of nitrogens with two attached hydrogens (primary N) is 1. The number of benzene rings is 3. The third kappa shape index (κ3) is 6.94. The first kappa shape index (κ1) is 25.0. The Balaban J connectivity index is 1.51. The molecule has 3 aromatic rings. The molecule has 10 nitrogen and oxygen atoms in total. The maximum atomic E-state index is 12.6. The van der Waals surface area contributed by atoms with E-state index in [0.717, 1.165) is 0 Å². The predicted octanol–water partition coefficient (Wildman–Crippen LogP) is 1.84. The Labute approximate surface area is 197 Å². The lowest BCUT2D eigenvalue weighted by molar-refractivity contribution is -0.123. The Morgan fingerprint density at radius 1 is 0.882 bits per heavy atom. The number of primary sulfonamides is 1. The van der Waals surface area contributed by atoms with E-state index in [1.54, 1.807) is 36.4 Å². The molecule has 0 aliphatic carbocycles. The molecule has 0 saturated carbocycles. The summed E-state index contributed by atoms with van der Waals surface area (Å²) in [4.78, 5) is 12.0. The molecule has 0 radical (unpaired) electrons. The fraction of sp³-hybridized carbons (Fsp3) is 0.136. The Hall–Kier alpha value is -3.61. The van der Waals surface area contributed by atoms with Gasteiger partial charge in [-0.1, -0.05) is 18.2 Å². The van der Waals surface area contributed by atoms with Crippen LogP contribution in [0.5, 0.6) is 11.5 Å². The molecule has 34 heavy (non-hydrogen) atoms. The van der Waals surface area contributed by atoms with Gasteiger partial charge in [0, 0.05) is 12.6 Å². The van der Waals surface area contributed by atoms with E-state index in [1.165, 1.54) is 43.5 Å². The zero-order valence-electron chi connectivity index (χ0n) is 18.1. The third-order valence-corrected chi connectivity index (χ3v) is 6.89. The molecule has 0 saturated heterocycles. The SMILES string of the molecule is COc1cccc(NS(=O)(=O)c2ccc(OCC(=O)NCc3ccc(S(N)(=O)=O)cc3)cc2)c1. The van der Waals surface area contributed by atoms with E-state index in [4.69, 9.17) is 14.6 Å². The highest BCUT2D eigenvalue weighted by atomic mass is 32.2. The van der Waals surface area contributed by atoms with Gasteiger partial charge in [-0.25, -0.2) is 22.0 Å². The highest BCUT2D eigenvalue weighted by Crippen LogP contribution is 2.22.